The molecule has 2 aliphatic rings. The van der Waals surface area contributed by atoms with E-state index in [0.29, 0.717) is 16.6 Å². The number of allylic oxidation sites excluding steroid dienone is 3. The van der Waals surface area contributed by atoms with Gasteiger partial charge in [-0.2, -0.15) is 0 Å². The molecule has 0 radical (unpaired) electrons. The van der Waals surface area contributed by atoms with Crippen molar-refractivity contribution >= 4 is 19.9 Å². The lowest BCUT2D eigenvalue weighted by atomic mass is 9.73. The van der Waals surface area contributed by atoms with Gasteiger partial charge in [0.25, 0.3) is 0 Å². The molecule has 128 valence electrons. The molecule has 23 heavy (non-hydrogen) atoms. The smallest absolute Gasteiger partial charge is 0.201 e. The van der Waals surface area contributed by atoms with Crippen LogP contribution >= 0.6 is 0 Å². The summed E-state index contributed by atoms with van der Waals surface area (Å²) in [5.41, 5.74) is 1.46. The third kappa shape index (κ3) is 3.16. The summed E-state index contributed by atoms with van der Waals surface area (Å²) in [6, 6.07) is 0. The van der Waals surface area contributed by atoms with Gasteiger partial charge in [-0.05, 0) is 35.2 Å². The van der Waals surface area contributed by atoms with Gasteiger partial charge < -0.3 is 4.43 Å². The third-order valence-electron chi connectivity index (χ3n) is 5.65. The van der Waals surface area contributed by atoms with Crippen LogP contribution in [0.15, 0.2) is 24.3 Å². The molecule has 0 saturated heterocycles. The van der Waals surface area contributed by atoms with E-state index >= 15 is 0 Å². The molecule has 2 rings (SSSR count). The minimum atomic E-state index is -2.03. The largest absolute Gasteiger partial charge is 0.409 e. The van der Waals surface area contributed by atoms with Crippen molar-refractivity contribution in [3.05, 3.63) is 24.3 Å². The Morgan fingerprint density at radius 3 is 2.00 bits per heavy atom. The lowest BCUT2D eigenvalue weighted by Crippen LogP contribution is -2.53. The van der Waals surface area contributed by atoms with Gasteiger partial charge in [0, 0.05) is 5.92 Å². The first-order valence-electron chi connectivity index (χ1n) is 8.82. The topological polar surface area (TPSA) is 43.4 Å². The Labute approximate surface area is 141 Å². The molecule has 0 heterocycles. The van der Waals surface area contributed by atoms with Crippen molar-refractivity contribution in [1.29, 1.82) is 0 Å². The first-order valence-corrected chi connectivity index (χ1v) is 11.0. The zero-order valence-electron chi connectivity index (χ0n) is 15.2. The fourth-order valence-corrected chi connectivity index (χ4v) is 10.2. The van der Waals surface area contributed by atoms with Crippen molar-refractivity contribution in [3.8, 4) is 0 Å². The fraction of sp³-hybridized carbons (Fsp3) is 0.684. The van der Waals surface area contributed by atoms with Crippen molar-refractivity contribution in [2.24, 2.45) is 11.8 Å². The number of ketones is 2. The van der Waals surface area contributed by atoms with E-state index in [1.165, 1.54) is 0 Å². The highest BCUT2D eigenvalue weighted by molar-refractivity contribution is 6.77. The van der Waals surface area contributed by atoms with Crippen molar-refractivity contribution in [3.63, 3.8) is 0 Å². The second-order valence-electron chi connectivity index (χ2n) is 7.84. The Balaban J connectivity index is 2.36. The minimum absolute atomic E-state index is 0.0341. The lowest BCUT2D eigenvalue weighted by molar-refractivity contribution is -0.132. The number of carbonyl (C=O) groups excluding carboxylic acids is 2. The van der Waals surface area contributed by atoms with Crippen LogP contribution in [-0.4, -0.2) is 26.0 Å². The Morgan fingerprint density at radius 2 is 1.48 bits per heavy atom. The van der Waals surface area contributed by atoms with Gasteiger partial charge >= 0.3 is 0 Å². The Morgan fingerprint density at radius 1 is 0.957 bits per heavy atom. The molecule has 0 bridgehead atoms. The molecule has 0 aromatic heterocycles. The summed E-state index contributed by atoms with van der Waals surface area (Å²) in [5, 5.41) is 0. The van der Waals surface area contributed by atoms with E-state index < -0.39 is 14.2 Å². The highest BCUT2D eigenvalue weighted by atomic mass is 28.4. The summed E-state index contributed by atoms with van der Waals surface area (Å²) in [5.74, 6) is -0.688. The minimum Gasteiger partial charge on any atom is -0.409 e. The van der Waals surface area contributed by atoms with Crippen LogP contribution in [0.2, 0.25) is 16.6 Å². The molecule has 0 aliphatic heterocycles. The molecular weight excluding hydrogens is 304 g/mol. The quantitative estimate of drug-likeness (QED) is 0.551. The zero-order valence-corrected chi connectivity index (χ0v) is 16.2. The van der Waals surface area contributed by atoms with Crippen molar-refractivity contribution in [2.45, 2.75) is 70.7 Å². The summed E-state index contributed by atoms with van der Waals surface area (Å²) in [4.78, 5) is 24.3. The maximum Gasteiger partial charge on any atom is 0.201 e. The van der Waals surface area contributed by atoms with Gasteiger partial charge in [0.15, 0.2) is 11.6 Å². The van der Waals surface area contributed by atoms with Gasteiger partial charge in [0.05, 0.1) is 12.0 Å². The van der Waals surface area contributed by atoms with Crippen molar-refractivity contribution < 1.29 is 14.0 Å². The molecule has 0 N–H and O–H groups in total. The van der Waals surface area contributed by atoms with Crippen LogP contribution < -0.4 is 0 Å². The van der Waals surface area contributed by atoms with Crippen LogP contribution in [0.3, 0.4) is 0 Å². The SMILES string of the molecule is CC(C)[Si](O[C@H]1C=CC(=O)[C@H]2C(=O)C=CC[C@H]21)(C(C)C)C(C)C. The molecule has 0 amide bonds. The average Bonchev–Trinajstić information content (AvgIpc) is 2.45. The van der Waals surface area contributed by atoms with Crippen LogP contribution in [0.1, 0.15) is 48.0 Å². The predicted octanol–water partition coefficient (Wildman–Crippen LogP) is 4.45. The van der Waals surface area contributed by atoms with Crippen LogP contribution in [0.5, 0.6) is 0 Å². The van der Waals surface area contributed by atoms with Gasteiger partial charge in [-0.25, -0.2) is 0 Å². The van der Waals surface area contributed by atoms with Crippen molar-refractivity contribution in [2.75, 3.05) is 0 Å². The van der Waals surface area contributed by atoms with Crippen LogP contribution in [0, 0.1) is 11.8 Å². The van der Waals surface area contributed by atoms with E-state index in [0.717, 1.165) is 6.42 Å². The number of hydrogen-bond donors (Lipinski definition) is 0. The van der Waals surface area contributed by atoms with Crippen LogP contribution in [0.25, 0.3) is 0 Å². The highest BCUT2D eigenvalue weighted by Gasteiger charge is 2.50. The molecule has 3 atom stereocenters. The van der Waals surface area contributed by atoms with E-state index in [1.54, 1.807) is 12.2 Å². The van der Waals surface area contributed by atoms with Crippen LogP contribution in [-0.2, 0) is 14.0 Å². The van der Waals surface area contributed by atoms with Gasteiger partial charge in [0.2, 0.25) is 8.32 Å². The summed E-state index contributed by atoms with van der Waals surface area (Å²) in [6.45, 7) is 13.5. The van der Waals surface area contributed by atoms with E-state index in [-0.39, 0.29) is 23.6 Å². The molecule has 4 heteroatoms. The Hall–Kier alpha value is -1.00. The van der Waals surface area contributed by atoms with Crippen LogP contribution in [0.4, 0.5) is 0 Å². The standard InChI is InChI=1S/C19H30O3Si/c1-12(2)23(13(3)4,14(5)6)22-18-11-10-17(21)19-15(18)8-7-9-16(19)20/h7,9-15,18-19H,8H2,1-6H3/t15-,18-,19+/m0/s1. The molecule has 0 saturated carbocycles. The van der Waals surface area contributed by atoms with E-state index in [4.69, 9.17) is 4.43 Å². The lowest BCUT2D eigenvalue weighted by Gasteiger charge is -2.47. The van der Waals surface area contributed by atoms with Crippen molar-refractivity contribution in [1.82, 2.24) is 0 Å². The Bertz CT molecular complexity index is 509. The molecular formula is C19H30O3Si. The first-order chi connectivity index (χ1) is 10.7. The molecule has 0 aromatic carbocycles. The fourth-order valence-electron chi connectivity index (χ4n) is 4.67. The first kappa shape index (κ1) is 18.3. The highest BCUT2D eigenvalue weighted by Crippen LogP contribution is 2.45. The van der Waals surface area contributed by atoms with E-state index in [9.17, 15) is 9.59 Å². The molecule has 3 nitrogen and oxygen atoms in total. The molecule has 0 fully saturated rings. The Kier molecular flexibility index (Phi) is 5.47. The molecule has 0 aromatic rings. The summed E-state index contributed by atoms with van der Waals surface area (Å²) in [6.07, 6.45) is 7.57. The number of fused-ring (bicyclic) bond motifs is 1. The molecule has 0 spiro atoms. The predicted molar refractivity (Wildman–Crippen MR) is 95.8 cm³/mol. The van der Waals surface area contributed by atoms with Gasteiger partial charge in [-0.15, -0.1) is 0 Å². The maximum atomic E-state index is 12.2. The monoisotopic (exact) mass is 334 g/mol. The number of hydrogen-bond acceptors (Lipinski definition) is 3. The second-order valence-corrected chi connectivity index (χ2v) is 13.3. The number of carbonyl (C=O) groups is 2. The number of rotatable bonds is 5. The zero-order chi connectivity index (χ0) is 17.4. The summed E-state index contributed by atoms with van der Waals surface area (Å²) >= 11 is 0. The summed E-state index contributed by atoms with van der Waals surface area (Å²) in [7, 11) is -2.03. The second kappa shape index (κ2) is 6.86. The third-order valence-corrected chi connectivity index (χ3v) is 11.7. The van der Waals surface area contributed by atoms with E-state index in [2.05, 4.69) is 41.5 Å². The van der Waals surface area contributed by atoms with Gasteiger partial charge in [-0.3, -0.25) is 9.59 Å². The average molecular weight is 335 g/mol. The van der Waals surface area contributed by atoms with Gasteiger partial charge in [0.1, 0.15) is 0 Å². The van der Waals surface area contributed by atoms with Gasteiger partial charge in [-0.1, -0.05) is 53.7 Å². The molecule has 2 aliphatic carbocycles. The van der Waals surface area contributed by atoms with E-state index in [1.807, 2.05) is 12.2 Å². The summed E-state index contributed by atoms with van der Waals surface area (Å²) < 4.78 is 6.84. The molecule has 0 unspecified atom stereocenters. The maximum absolute atomic E-state index is 12.2. The normalized spacial score (nSPS) is 28.1.